The predicted octanol–water partition coefficient (Wildman–Crippen LogP) is 3.69. The Bertz CT molecular complexity index is 169. The molecule has 1 aliphatic heterocycles. The monoisotopic (exact) mass is 197 g/mol. The number of nitrogens with zero attached hydrogens (tertiary/aromatic N) is 1. The average molecular weight is 197 g/mol. The first-order valence-electron chi connectivity index (χ1n) is 6.27. The summed E-state index contributed by atoms with van der Waals surface area (Å²) in [6.07, 6.45) is 5.51. The van der Waals surface area contributed by atoms with Gasteiger partial charge in [0, 0.05) is 11.6 Å². The van der Waals surface area contributed by atoms with E-state index >= 15 is 0 Å². The molecule has 1 rings (SSSR count). The second-order valence-electron chi connectivity index (χ2n) is 5.68. The molecule has 2 atom stereocenters. The molecule has 0 aliphatic carbocycles. The Morgan fingerprint density at radius 2 is 1.86 bits per heavy atom. The van der Waals surface area contributed by atoms with Crippen molar-refractivity contribution in [2.45, 2.75) is 71.9 Å². The highest BCUT2D eigenvalue weighted by Gasteiger charge is 2.37. The molecule has 84 valence electrons. The molecule has 1 aliphatic rings. The van der Waals surface area contributed by atoms with Crippen LogP contribution in [-0.2, 0) is 0 Å². The van der Waals surface area contributed by atoms with Crippen molar-refractivity contribution in [3.05, 3.63) is 0 Å². The SMILES string of the molecule is CCCC1CCN(C(C)(C)C)C1CC. The molecule has 1 fully saturated rings. The molecule has 0 saturated carbocycles. The average Bonchev–Trinajstić information content (AvgIpc) is 2.47. The summed E-state index contributed by atoms with van der Waals surface area (Å²) in [7, 11) is 0. The molecular weight excluding hydrogens is 170 g/mol. The third kappa shape index (κ3) is 2.50. The van der Waals surface area contributed by atoms with Crippen molar-refractivity contribution < 1.29 is 0 Å². The van der Waals surface area contributed by atoms with Gasteiger partial charge in [0.05, 0.1) is 0 Å². The fourth-order valence-electron chi connectivity index (χ4n) is 3.01. The molecule has 0 bridgehead atoms. The summed E-state index contributed by atoms with van der Waals surface area (Å²) in [6, 6.07) is 0.843. The molecule has 0 amide bonds. The first-order valence-corrected chi connectivity index (χ1v) is 6.27. The van der Waals surface area contributed by atoms with Gasteiger partial charge in [0.15, 0.2) is 0 Å². The number of rotatable bonds is 3. The van der Waals surface area contributed by atoms with Crippen LogP contribution in [0.4, 0.5) is 0 Å². The Morgan fingerprint density at radius 1 is 1.21 bits per heavy atom. The molecule has 0 aromatic carbocycles. The van der Waals surface area contributed by atoms with Crippen LogP contribution in [0, 0.1) is 5.92 Å². The number of hydrogen-bond donors (Lipinski definition) is 0. The van der Waals surface area contributed by atoms with E-state index in [0.717, 1.165) is 12.0 Å². The van der Waals surface area contributed by atoms with Gasteiger partial charge in [-0.2, -0.15) is 0 Å². The van der Waals surface area contributed by atoms with Gasteiger partial charge in [-0.15, -0.1) is 0 Å². The van der Waals surface area contributed by atoms with Crippen molar-refractivity contribution in [1.29, 1.82) is 0 Å². The Hall–Kier alpha value is -0.0400. The van der Waals surface area contributed by atoms with Gasteiger partial charge in [0.2, 0.25) is 0 Å². The number of likely N-dealkylation sites (tertiary alicyclic amines) is 1. The molecule has 0 N–H and O–H groups in total. The summed E-state index contributed by atoms with van der Waals surface area (Å²) in [5.41, 5.74) is 0.364. The lowest BCUT2D eigenvalue weighted by atomic mass is 9.92. The Morgan fingerprint density at radius 3 is 2.29 bits per heavy atom. The molecule has 0 aromatic rings. The second-order valence-corrected chi connectivity index (χ2v) is 5.68. The maximum absolute atomic E-state index is 2.72. The molecule has 2 unspecified atom stereocenters. The van der Waals surface area contributed by atoms with Crippen LogP contribution in [0.3, 0.4) is 0 Å². The first-order chi connectivity index (χ1) is 6.50. The van der Waals surface area contributed by atoms with E-state index in [9.17, 15) is 0 Å². The third-order valence-corrected chi connectivity index (χ3v) is 3.62. The quantitative estimate of drug-likeness (QED) is 0.667. The fourth-order valence-corrected chi connectivity index (χ4v) is 3.01. The van der Waals surface area contributed by atoms with Crippen LogP contribution < -0.4 is 0 Å². The van der Waals surface area contributed by atoms with E-state index < -0.39 is 0 Å². The van der Waals surface area contributed by atoms with Gasteiger partial charge in [-0.1, -0.05) is 20.3 Å². The van der Waals surface area contributed by atoms with E-state index in [-0.39, 0.29) is 0 Å². The van der Waals surface area contributed by atoms with Crippen LogP contribution in [-0.4, -0.2) is 23.0 Å². The van der Waals surface area contributed by atoms with Crippen LogP contribution in [0.2, 0.25) is 0 Å². The molecule has 0 aromatic heterocycles. The van der Waals surface area contributed by atoms with E-state index in [1.807, 2.05) is 0 Å². The maximum atomic E-state index is 2.72. The minimum Gasteiger partial charge on any atom is -0.295 e. The fraction of sp³-hybridized carbons (Fsp3) is 1.00. The highest BCUT2D eigenvalue weighted by Crippen LogP contribution is 2.34. The summed E-state index contributed by atoms with van der Waals surface area (Å²) in [6.45, 7) is 13.0. The zero-order valence-electron chi connectivity index (χ0n) is 10.6. The van der Waals surface area contributed by atoms with Crippen molar-refractivity contribution >= 4 is 0 Å². The molecule has 1 heteroatoms. The van der Waals surface area contributed by atoms with Crippen molar-refractivity contribution in [1.82, 2.24) is 4.90 Å². The van der Waals surface area contributed by atoms with E-state index in [2.05, 4.69) is 39.5 Å². The predicted molar refractivity (Wildman–Crippen MR) is 63.6 cm³/mol. The lowest BCUT2D eigenvalue weighted by Crippen LogP contribution is -2.45. The lowest BCUT2D eigenvalue weighted by Gasteiger charge is -2.38. The van der Waals surface area contributed by atoms with Crippen LogP contribution in [0.5, 0.6) is 0 Å². The van der Waals surface area contributed by atoms with E-state index in [4.69, 9.17) is 0 Å². The summed E-state index contributed by atoms with van der Waals surface area (Å²) in [5.74, 6) is 0.962. The van der Waals surface area contributed by atoms with E-state index in [1.54, 1.807) is 0 Å². The third-order valence-electron chi connectivity index (χ3n) is 3.62. The van der Waals surface area contributed by atoms with Crippen molar-refractivity contribution in [2.24, 2.45) is 5.92 Å². The lowest BCUT2D eigenvalue weighted by molar-refractivity contribution is 0.103. The topological polar surface area (TPSA) is 3.24 Å². The zero-order valence-corrected chi connectivity index (χ0v) is 10.6. The van der Waals surface area contributed by atoms with Crippen LogP contribution in [0.25, 0.3) is 0 Å². The summed E-state index contributed by atoms with van der Waals surface area (Å²) in [4.78, 5) is 2.72. The summed E-state index contributed by atoms with van der Waals surface area (Å²) < 4.78 is 0. The van der Waals surface area contributed by atoms with Gasteiger partial charge in [-0.3, -0.25) is 4.90 Å². The van der Waals surface area contributed by atoms with Crippen molar-refractivity contribution in [2.75, 3.05) is 6.54 Å². The molecule has 1 nitrogen and oxygen atoms in total. The van der Waals surface area contributed by atoms with Gasteiger partial charge in [0.1, 0.15) is 0 Å². The highest BCUT2D eigenvalue weighted by molar-refractivity contribution is 4.92. The standard InChI is InChI=1S/C13H27N/c1-6-8-11-9-10-14(12(11)7-2)13(3,4)5/h11-12H,6-10H2,1-5H3. The van der Waals surface area contributed by atoms with Crippen molar-refractivity contribution in [3.63, 3.8) is 0 Å². The van der Waals surface area contributed by atoms with Crippen molar-refractivity contribution in [3.8, 4) is 0 Å². The van der Waals surface area contributed by atoms with E-state index in [1.165, 1.54) is 32.2 Å². The molecule has 1 heterocycles. The van der Waals surface area contributed by atoms with Gasteiger partial charge in [0.25, 0.3) is 0 Å². The van der Waals surface area contributed by atoms with Crippen LogP contribution in [0.15, 0.2) is 0 Å². The minimum absolute atomic E-state index is 0.364. The maximum Gasteiger partial charge on any atom is 0.0128 e. The molecule has 0 radical (unpaired) electrons. The second kappa shape index (κ2) is 4.65. The Labute approximate surface area is 89.9 Å². The van der Waals surface area contributed by atoms with Gasteiger partial charge >= 0.3 is 0 Å². The molecule has 1 saturated heterocycles. The van der Waals surface area contributed by atoms with E-state index in [0.29, 0.717) is 5.54 Å². The molecular formula is C13H27N. The summed E-state index contributed by atoms with van der Waals surface area (Å²) in [5, 5.41) is 0. The van der Waals surface area contributed by atoms with Gasteiger partial charge in [-0.25, -0.2) is 0 Å². The number of hydrogen-bond acceptors (Lipinski definition) is 1. The normalized spacial score (nSPS) is 29.8. The Balaban J connectivity index is 2.64. The van der Waals surface area contributed by atoms with Gasteiger partial charge in [-0.05, 0) is 52.5 Å². The molecule has 14 heavy (non-hydrogen) atoms. The minimum atomic E-state index is 0.364. The molecule has 0 spiro atoms. The largest absolute Gasteiger partial charge is 0.295 e. The Kier molecular flexibility index (Phi) is 4.00. The highest BCUT2D eigenvalue weighted by atomic mass is 15.2. The zero-order chi connectivity index (χ0) is 10.8. The van der Waals surface area contributed by atoms with Crippen LogP contribution in [0.1, 0.15) is 60.3 Å². The smallest absolute Gasteiger partial charge is 0.0128 e. The first kappa shape index (κ1) is 12.0. The summed E-state index contributed by atoms with van der Waals surface area (Å²) >= 11 is 0. The van der Waals surface area contributed by atoms with Crippen LogP contribution >= 0.6 is 0 Å². The van der Waals surface area contributed by atoms with Gasteiger partial charge < -0.3 is 0 Å².